The van der Waals surface area contributed by atoms with E-state index in [4.69, 9.17) is 4.74 Å². The summed E-state index contributed by atoms with van der Waals surface area (Å²) < 4.78 is 5.57. The van der Waals surface area contributed by atoms with Gasteiger partial charge in [-0.25, -0.2) is 0 Å². The molecule has 3 heteroatoms. The molecule has 0 N–H and O–H groups in total. The summed E-state index contributed by atoms with van der Waals surface area (Å²) in [5.41, 5.74) is 0. The lowest BCUT2D eigenvalue weighted by atomic mass is 10.2. The Morgan fingerprint density at radius 2 is 2.29 bits per heavy atom. The highest BCUT2D eigenvalue weighted by Gasteiger charge is 2.17. The maximum Gasteiger partial charge on any atom is 0.0880 e. The second-order valence-electron chi connectivity index (χ2n) is 5.46. The Balaban J connectivity index is 2.11. The van der Waals surface area contributed by atoms with Crippen molar-refractivity contribution in [2.24, 2.45) is 5.92 Å². The topological polar surface area (TPSA) is 15.7 Å². The van der Waals surface area contributed by atoms with Gasteiger partial charge in [0.25, 0.3) is 0 Å². The van der Waals surface area contributed by atoms with Crippen LogP contribution in [0, 0.1) is 5.92 Å². The molecule has 1 aliphatic heterocycles. The average Bonchev–Trinajstić information content (AvgIpc) is 2.28. The molecule has 0 saturated carbocycles. The minimum absolute atomic E-state index is 0.233. The first-order valence-corrected chi connectivity index (χ1v) is 6.77. The zero-order chi connectivity index (χ0) is 12.7. The molecular weight excluding hydrogens is 212 g/mol. The Labute approximate surface area is 106 Å². The van der Waals surface area contributed by atoms with Crippen molar-refractivity contribution in [3.8, 4) is 0 Å². The van der Waals surface area contributed by atoms with Gasteiger partial charge >= 0.3 is 0 Å². The molecule has 1 rings (SSSR count). The Morgan fingerprint density at radius 3 is 2.94 bits per heavy atom. The Hall–Kier alpha value is -0.380. The van der Waals surface area contributed by atoms with Crippen molar-refractivity contribution in [1.29, 1.82) is 0 Å². The van der Waals surface area contributed by atoms with E-state index in [0.717, 1.165) is 25.6 Å². The van der Waals surface area contributed by atoms with E-state index < -0.39 is 0 Å². The smallest absolute Gasteiger partial charge is 0.0880 e. The van der Waals surface area contributed by atoms with Gasteiger partial charge in [0, 0.05) is 19.6 Å². The Kier molecular flexibility index (Phi) is 6.78. The van der Waals surface area contributed by atoms with Crippen LogP contribution in [0.4, 0.5) is 0 Å². The highest BCUT2D eigenvalue weighted by molar-refractivity contribution is 4.85. The summed E-state index contributed by atoms with van der Waals surface area (Å²) in [5, 5.41) is 0. The summed E-state index contributed by atoms with van der Waals surface area (Å²) in [6.45, 7) is 14.8. The molecule has 0 aliphatic carbocycles. The monoisotopic (exact) mass is 240 g/mol. The Bertz CT molecular complexity index is 218. The number of rotatable bonds is 7. The van der Waals surface area contributed by atoms with E-state index in [-0.39, 0.29) is 6.10 Å². The molecule has 0 radical (unpaired) electrons. The molecule has 17 heavy (non-hydrogen) atoms. The highest BCUT2D eigenvalue weighted by Crippen LogP contribution is 2.06. The molecule has 0 aromatic rings. The van der Waals surface area contributed by atoms with Gasteiger partial charge in [-0.2, -0.15) is 0 Å². The molecule has 3 nitrogen and oxygen atoms in total. The van der Waals surface area contributed by atoms with Gasteiger partial charge in [0.05, 0.1) is 12.7 Å². The second kappa shape index (κ2) is 7.85. The number of hydrogen-bond donors (Lipinski definition) is 0. The molecule has 1 heterocycles. The largest absolute Gasteiger partial charge is 0.371 e. The predicted molar refractivity (Wildman–Crippen MR) is 73.3 cm³/mol. The first-order chi connectivity index (χ1) is 8.11. The number of nitrogens with zero attached hydrogens (tertiary/aromatic N) is 2. The molecule has 0 amide bonds. The molecule has 1 saturated heterocycles. The van der Waals surface area contributed by atoms with Crippen LogP contribution in [0.1, 0.15) is 20.3 Å². The van der Waals surface area contributed by atoms with Gasteiger partial charge in [0.15, 0.2) is 0 Å². The van der Waals surface area contributed by atoms with Crippen LogP contribution in [-0.2, 0) is 4.74 Å². The van der Waals surface area contributed by atoms with Crippen molar-refractivity contribution in [3.05, 3.63) is 12.7 Å². The van der Waals surface area contributed by atoms with Crippen LogP contribution in [-0.4, -0.2) is 62.3 Å². The highest BCUT2D eigenvalue weighted by atomic mass is 16.5. The fourth-order valence-electron chi connectivity index (χ4n) is 2.36. The first kappa shape index (κ1) is 14.7. The van der Waals surface area contributed by atoms with E-state index in [1.807, 2.05) is 6.08 Å². The lowest BCUT2D eigenvalue weighted by Gasteiger charge is -2.31. The molecule has 0 unspecified atom stereocenters. The fourth-order valence-corrected chi connectivity index (χ4v) is 2.36. The van der Waals surface area contributed by atoms with Gasteiger partial charge in [0.2, 0.25) is 0 Å². The Morgan fingerprint density at radius 1 is 1.53 bits per heavy atom. The van der Waals surface area contributed by atoms with Crippen molar-refractivity contribution >= 4 is 0 Å². The summed E-state index contributed by atoms with van der Waals surface area (Å²) in [5.74, 6) is 0.758. The summed E-state index contributed by atoms with van der Waals surface area (Å²) in [6, 6.07) is 0. The van der Waals surface area contributed by atoms with Gasteiger partial charge in [-0.05, 0) is 32.5 Å². The minimum atomic E-state index is 0.233. The van der Waals surface area contributed by atoms with E-state index in [1.54, 1.807) is 0 Å². The summed E-state index contributed by atoms with van der Waals surface area (Å²) in [4.78, 5) is 4.91. The molecule has 0 aromatic heterocycles. The quantitative estimate of drug-likeness (QED) is 0.632. The van der Waals surface area contributed by atoms with Crippen molar-refractivity contribution in [1.82, 2.24) is 9.80 Å². The van der Waals surface area contributed by atoms with Crippen molar-refractivity contribution in [2.45, 2.75) is 26.4 Å². The summed E-state index contributed by atoms with van der Waals surface area (Å²) >= 11 is 0. The van der Waals surface area contributed by atoms with Gasteiger partial charge in [0.1, 0.15) is 0 Å². The molecule has 0 bridgehead atoms. The third kappa shape index (κ3) is 6.20. The van der Waals surface area contributed by atoms with Gasteiger partial charge in [-0.3, -0.25) is 4.90 Å². The van der Waals surface area contributed by atoms with Crippen molar-refractivity contribution < 1.29 is 4.74 Å². The number of ether oxygens (including phenoxy) is 1. The summed E-state index contributed by atoms with van der Waals surface area (Å²) in [6.07, 6.45) is 3.39. The van der Waals surface area contributed by atoms with Gasteiger partial charge in [-0.1, -0.05) is 19.9 Å². The van der Waals surface area contributed by atoms with E-state index in [0.29, 0.717) is 0 Å². The van der Waals surface area contributed by atoms with Crippen LogP contribution in [0.25, 0.3) is 0 Å². The van der Waals surface area contributed by atoms with Crippen LogP contribution in [0.2, 0.25) is 0 Å². The second-order valence-corrected chi connectivity index (χ2v) is 5.46. The minimum Gasteiger partial charge on any atom is -0.371 e. The van der Waals surface area contributed by atoms with Crippen LogP contribution in [0.15, 0.2) is 12.7 Å². The van der Waals surface area contributed by atoms with Crippen molar-refractivity contribution in [3.63, 3.8) is 0 Å². The predicted octanol–water partition coefficient (Wildman–Crippen LogP) is 1.85. The summed E-state index contributed by atoms with van der Waals surface area (Å²) in [7, 11) is 2.21. The van der Waals surface area contributed by atoms with Crippen LogP contribution in [0.3, 0.4) is 0 Å². The molecular formula is C14H28N2O. The zero-order valence-electron chi connectivity index (χ0n) is 11.7. The average molecular weight is 240 g/mol. The van der Waals surface area contributed by atoms with E-state index in [9.17, 15) is 0 Å². The van der Waals surface area contributed by atoms with Gasteiger partial charge in [-0.15, -0.1) is 6.58 Å². The molecule has 1 fully saturated rings. The van der Waals surface area contributed by atoms with Gasteiger partial charge < -0.3 is 9.64 Å². The normalized spacial score (nSPS) is 22.3. The van der Waals surface area contributed by atoms with E-state index in [1.165, 1.54) is 26.1 Å². The van der Waals surface area contributed by atoms with Crippen LogP contribution in [0.5, 0.6) is 0 Å². The maximum atomic E-state index is 5.57. The van der Waals surface area contributed by atoms with Crippen LogP contribution >= 0.6 is 0 Å². The number of hydrogen-bond acceptors (Lipinski definition) is 3. The molecule has 1 aliphatic rings. The fraction of sp³-hybridized carbons (Fsp3) is 0.857. The lowest BCUT2D eigenvalue weighted by Crippen LogP contribution is -2.42. The zero-order valence-corrected chi connectivity index (χ0v) is 11.7. The molecule has 1 atom stereocenters. The lowest BCUT2D eigenvalue weighted by molar-refractivity contribution is -0.00409. The van der Waals surface area contributed by atoms with E-state index in [2.05, 4.69) is 37.3 Å². The molecule has 0 spiro atoms. The molecule has 0 aromatic carbocycles. The SMILES string of the molecule is C=C[C@@H]1CN(CCCN(C)CC(C)C)CCO1. The standard InChI is InChI=1S/C14H28N2O/c1-5-14-12-16(9-10-17-14)8-6-7-15(4)11-13(2)3/h5,13-14H,1,6-12H2,2-4H3/t14-/m1/s1. The van der Waals surface area contributed by atoms with Crippen molar-refractivity contribution in [2.75, 3.05) is 46.4 Å². The van der Waals surface area contributed by atoms with E-state index >= 15 is 0 Å². The van der Waals surface area contributed by atoms with Crippen LogP contribution < -0.4 is 0 Å². The first-order valence-electron chi connectivity index (χ1n) is 6.77. The molecule has 100 valence electrons. The number of morpholine rings is 1. The third-order valence-corrected chi connectivity index (χ3v) is 3.13. The maximum absolute atomic E-state index is 5.57. The third-order valence-electron chi connectivity index (χ3n) is 3.13.